The number of hydrogen-bond donors (Lipinski definition) is 0. The van der Waals surface area contributed by atoms with Crippen molar-refractivity contribution >= 4 is 17.9 Å². The van der Waals surface area contributed by atoms with Gasteiger partial charge in [-0.2, -0.15) is 0 Å². The number of quaternary nitrogens is 1. The van der Waals surface area contributed by atoms with Gasteiger partial charge in [0.2, 0.25) is 0 Å². The van der Waals surface area contributed by atoms with Crippen molar-refractivity contribution in [1.29, 1.82) is 0 Å². The first kappa shape index (κ1) is 77.5. The number of carboxylic acid groups (broad SMARTS) is 1. The van der Waals surface area contributed by atoms with Crippen molar-refractivity contribution in [3.63, 3.8) is 0 Å². The maximum Gasteiger partial charge on any atom is 0.310 e. The molecule has 0 radical (unpaired) electrons. The summed E-state index contributed by atoms with van der Waals surface area (Å²) in [4.78, 5) is 37.2. The van der Waals surface area contributed by atoms with Crippen LogP contribution < -0.4 is 5.11 Å². The summed E-state index contributed by atoms with van der Waals surface area (Å²) < 4.78 is 22.6. The minimum absolute atomic E-state index is 0.0144. The smallest absolute Gasteiger partial charge is 0.310 e. The zero-order chi connectivity index (χ0) is 59.1. The van der Waals surface area contributed by atoms with Crippen LogP contribution in [0.15, 0.2) is 85.1 Å². The SMILES string of the molecule is CC/C=C\C/C=C\C/C=C\C/C=C\C/C=C\CC(=O)OC(COC(=O)CCCCCCCCCCCCCCCCCCCCCCCCCCCCCCC/C=C\C/C=C\CCCCCCC)COC(OCC[N+](C)(C)C)C(=O)[O-]. The van der Waals surface area contributed by atoms with Crippen LogP contribution in [0.3, 0.4) is 0 Å². The van der Waals surface area contributed by atoms with E-state index >= 15 is 0 Å². The van der Waals surface area contributed by atoms with Crippen LogP contribution in [-0.4, -0.2) is 82.3 Å². The lowest BCUT2D eigenvalue weighted by atomic mass is 10.0. The average molecular weight is 1130 g/mol. The normalized spacial score (nSPS) is 13.2. The molecule has 0 fully saturated rings. The Morgan fingerprint density at radius 2 is 0.741 bits per heavy atom. The molecule has 81 heavy (non-hydrogen) atoms. The van der Waals surface area contributed by atoms with Gasteiger partial charge in [0.05, 0.1) is 46.7 Å². The van der Waals surface area contributed by atoms with Crippen molar-refractivity contribution in [3.05, 3.63) is 85.1 Å². The van der Waals surface area contributed by atoms with Crippen LogP contribution in [0.1, 0.15) is 296 Å². The van der Waals surface area contributed by atoms with Gasteiger partial charge in [0.15, 0.2) is 12.4 Å². The Labute approximate surface area is 500 Å². The number of hydrogen-bond acceptors (Lipinski definition) is 8. The van der Waals surface area contributed by atoms with Crippen molar-refractivity contribution in [2.24, 2.45) is 0 Å². The predicted octanol–water partition coefficient (Wildman–Crippen LogP) is 19.4. The van der Waals surface area contributed by atoms with E-state index in [2.05, 4.69) is 80.7 Å². The number of esters is 2. The molecule has 0 heterocycles. The Hall–Kier alpha value is -3.53. The maximum absolute atomic E-state index is 12.8. The molecular formula is C72H127NO8. The Morgan fingerprint density at radius 3 is 1.11 bits per heavy atom. The number of aliphatic carboxylic acids is 1. The van der Waals surface area contributed by atoms with Crippen LogP contribution >= 0.6 is 0 Å². The van der Waals surface area contributed by atoms with E-state index < -0.39 is 24.3 Å². The van der Waals surface area contributed by atoms with E-state index in [1.807, 2.05) is 33.3 Å². The molecule has 0 saturated heterocycles. The average Bonchev–Trinajstić information content (AvgIpc) is 3.44. The third kappa shape index (κ3) is 63.9. The van der Waals surface area contributed by atoms with Gasteiger partial charge in [-0.15, -0.1) is 0 Å². The molecule has 0 bridgehead atoms. The molecule has 468 valence electrons. The van der Waals surface area contributed by atoms with Gasteiger partial charge in [-0.1, -0.05) is 298 Å². The number of carbonyl (C=O) groups excluding carboxylic acids is 3. The summed E-state index contributed by atoms with van der Waals surface area (Å²) in [6.45, 7) is 4.52. The second kappa shape index (κ2) is 62.5. The highest BCUT2D eigenvalue weighted by Gasteiger charge is 2.21. The topological polar surface area (TPSA) is 111 Å². The molecule has 0 aromatic heterocycles. The van der Waals surface area contributed by atoms with E-state index in [0.29, 0.717) is 17.4 Å². The number of allylic oxidation sites excluding steroid dienone is 13. The van der Waals surface area contributed by atoms with Gasteiger partial charge in [0, 0.05) is 6.42 Å². The molecule has 0 aliphatic carbocycles. The molecule has 2 atom stereocenters. The van der Waals surface area contributed by atoms with E-state index in [1.165, 1.54) is 212 Å². The van der Waals surface area contributed by atoms with Crippen molar-refractivity contribution in [1.82, 2.24) is 0 Å². The van der Waals surface area contributed by atoms with Crippen molar-refractivity contribution < 1.29 is 42.9 Å². The fraction of sp³-hybridized carbons (Fsp3) is 0.764. The van der Waals surface area contributed by atoms with Crippen molar-refractivity contribution in [2.75, 3.05) is 47.5 Å². The summed E-state index contributed by atoms with van der Waals surface area (Å²) in [6.07, 6.45) is 81.7. The molecule has 0 N–H and O–H groups in total. The molecule has 9 heteroatoms. The lowest BCUT2D eigenvalue weighted by Crippen LogP contribution is -2.44. The minimum atomic E-state index is -1.65. The molecule has 0 aliphatic rings. The lowest BCUT2D eigenvalue weighted by molar-refractivity contribution is -0.870. The van der Waals surface area contributed by atoms with Crippen LogP contribution in [0.4, 0.5) is 0 Å². The summed E-state index contributed by atoms with van der Waals surface area (Å²) in [5.41, 5.74) is 0. The first-order valence-corrected chi connectivity index (χ1v) is 33.7. The van der Waals surface area contributed by atoms with E-state index in [-0.39, 0.29) is 38.6 Å². The fourth-order valence-corrected chi connectivity index (χ4v) is 9.53. The molecule has 2 unspecified atom stereocenters. The monoisotopic (exact) mass is 1130 g/mol. The standard InChI is InChI=1S/C72H127NO8/c1-6-8-10-12-14-16-18-20-22-23-24-25-26-27-28-29-30-31-32-33-34-35-36-37-38-39-40-41-42-43-44-45-46-47-49-50-52-54-56-58-60-62-69(74)79-66-68(67-80-72(71(76)77)78-65-64-73(3,4)5)81-70(75)63-61-59-57-55-53-51-48-21-19-17-15-13-11-9-7-2/h9,11,15,17-18,20-21,23-24,48,53,55,59,61,68,72H,6-8,10,12-14,16,19,22,25-47,49-52,54,56-58,60,62-67H2,1-5H3/b11-9-,17-15-,20-18-,24-23-,48-21-,55-53-,61-59-. The number of likely N-dealkylation sites (N-methyl/N-ethyl adjacent to an activating group) is 1. The Morgan fingerprint density at radius 1 is 0.395 bits per heavy atom. The molecule has 9 nitrogen and oxygen atoms in total. The van der Waals surface area contributed by atoms with Crippen LogP contribution in [0.5, 0.6) is 0 Å². The van der Waals surface area contributed by atoms with E-state index in [4.69, 9.17) is 18.9 Å². The quantitative estimate of drug-likeness (QED) is 0.0195. The van der Waals surface area contributed by atoms with E-state index in [0.717, 1.165) is 51.4 Å². The lowest BCUT2D eigenvalue weighted by Gasteiger charge is -2.26. The summed E-state index contributed by atoms with van der Waals surface area (Å²) >= 11 is 0. The van der Waals surface area contributed by atoms with Gasteiger partial charge in [0.25, 0.3) is 0 Å². The van der Waals surface area contributed by atoms with Gasteiger partial charge in [-0.3, -0.25) is 9.59 Å². The summed E-state index contributed by atoms with van der Waals surface area (Å²) in [6, 6.07) is 0. The highest BCUT2D eigenvalue weighted by Crippen LogP contribution is 2.18. The van der Waals surface area contributed by atoms with Crippen LogP contribution in [0.2, 0.25) is 0 Å². The van der Waals surface area contributed by atoms with Gasteiger partial charge < -0.3 is 33.3 Å². The molecule has 0 aliphatic heterocycles. The first-order valence-electron chi connectivity index (χ1n) is 33.7. The molecular weight excluding hydrogens is 1010 g/mol. The Balaban J connectivity index is 3.94. The zero-order valence-electron chi connectivity index (χ0n) is 53.4. The number of carboxylic acids is 1. The third-order valence-corrected chi connectivity index (χ3v) is 14.7. The zero-order valence-corrected chi connectivity index (χ0v) is 53.4. The second-order valence-corrected chi connectivity index (χ2v) is 23.7. The Bertz CT molecular complexity index is 1600. The fourth-order valence-electron chi connectivity index (χ4n) is 9.53. The minimum Gasteiger partial charge on any atom is -0.545 e. The van der Waals surface area contributed by atoms with Gasteiger partial charge in [-0.25, -0.2) is 0 Å². The molecule has 0 aromatic carbocycles. The summed E-state index contributed by atoms with van der Waals surface area (Å²) in [5, 5.41) is 11.8. The molecule has 0 amide bonds. The number of unbranched alkanes of at least 4 members (excludes halogenated alkanes) is 34. The molecule has 0 saturated carbocycles. The van der Waals surface area contributed by atoms with Crippen molar-refractivity contribution in [2.45, 2.75) is 309 Å². The van der Waals surface area contributed by atoms with Gasteiger partial charge in [0.1, 0.15) is 13.2 Å². The number of nitrogens with zero attached hydrogens (tertiary/aromatic N) is 1. The predicted molar refractivity (Wildman–Crippen MR) is 343 cm³/mol. The highest BCUT2D eigenvalue weighted by molar-refractivity contribution is 5.71. The van der Waals surface area contributed by atoms with E-state index in [9.17, 15) is 19.5 Å². The molecule has 0 aromatic rings. The van der Waals surface area contributed by atoms with Crippen LogP contribution in [0, 0.1) is 0 Å². The summed E-state index contributed by atoms with van der Waals surface area (Å²) in [7, 11) is 5.89. The van der Waals surface area contributed by atoms with Crippen LogP contribution in [0.25, 0.3) is 0 Å². The number of ether oxygens (including phenoxy) is 4. The number of rotatable bonds is 62. The third-order valence-electron chi connectivity index (χ3n) is 14.7. The largest absolute Gasteiger partial charge is 0.545 e. The van der Waals surface area contributed by atoms with Gasteiger partial charge >= 0.3 is 11.9 Å². The van der Waals surface area contributed by atoms with Gasteiger partial charge in [-0.05, 0) is 70.6 Å². The molecule has 0 spiro atoms. The van der Waals surface area contributed by atoms with Crippen molar-refractivity contribution in [3.8, 4) is 0 Å². The first-order chi connectivity index (χ1) is 39.6. The highest BCUT2D eigenvalue weighted by atomic mass is 16.7. The van der Waals surface area contributed by atoms with E-state index in [1.54, 1.807) is 6.08 Å². The maximum atomic E-state index is 12.8. The van der Waals surface area contributed by atoms with Crippen LogP contribution in [-0.2, 0) is 33.3 Å². The number of carbonyl (C=O) groups is 3. The Kier molecular flexibility index (Phi) is 59.8. The summed E-state index contributed by atoms with van der Waals surface area (Å²) in [5.74, 6) is -2.44. The second-order valence-electron chi connectivity index (χ2n) is 23.7. The molecule has 0 rings (SSSR count).